The van der Waals surface area contributed by atoms with Crippen LogP contribution in [0.15, 0.2) is 54.7 Å². The highest BCUT2D eigenvalue weighted by Crippen LogP contribution is 2.57. The van der Waals surface area contributed by atoms with Crippen molar-refractivity contribution in [1.82, 2.24) is 9.88 Å². The van der Waals surface area contributed by atoms with Crippen LogP contribution in [-0.2, 0) is 23.1 Å². The monoisotopic (exact) mass is 673 g/mol. The van der Waals surface area contributed by atoms with Crippen molar-refractivity contribution in [2.24, 2.45) is 11.8 Å². The van der Waals surface area contributed by atoms with Crippen LogP contribution in [0.5, 0.6) is 11.5 Å². The van der Waals surface area contributed by atoms with Crippen molar-refractivity contribution in [3.8, 4) is 11.5 Å². The highest BCUT2D eigenvalue weighted by Gasteiger charge is 2.54. The fourth-order valence-corrected chi connectivity index (χ4v) is 9.12. The molecule has 48 heavy (non-hydrogen) atoms. The molecule has 3 aliphatic rings. The summed E-state index contributed by atoms with van der Waals surface area (Å²) < 4.78 is 13.0. The Morgan fingerprint density at radius 2 is 1.92 bits per heavy atom. The van der Waals surface area contributed by atoms with E-state index in [-0.39, 0.29) is 11.5 Å². The molecule has 0 aliphatic heterocycles. The molecule has 0 bridgehead atoms. The summed E-state index contributed by atoms with van der Waals surface area (Å²) in [5.74, 6) is 2.25. The minimum Gasteiger partial charge on any atom is -0.493 e. The molecular weight excluding hydrogens is 622 g/mol. The van der Waals surface area contributed by atoms with Gasteiger partial charge in [0.25, 0.3) is 0 Å². The van der Waals surface area contributed by atoms with Crippen LogP contribution in [0.3, 0.4) is 0 Å². The number of likely N-dealkylation sites (N-methyl/N-ethyl adjacent to an activating group) is 1. The molecule has 1 aromatic heterocycles. The van der Waals surface area contributed by atoms with E-state index in [0.29, 0.717) is 42.2 Å². The molecule has 0 saturated heterocycles. The van der Waals surface area contributed by atoms with Gasteiger partial charge in [0, 0.05) is 34.7 Å². The molecule has 6 rings (SSSR count). The van der Waals surface area contributed by atoms with Crippen LogP contribution in [0, 0.1) is 11.8 Å². The smallest absolute Gasteiger partial charge is 0.329 e. The lowest BCUT2D eigenvalue weighted by molar-refractivity contribution is -0.144. The molecule has 2 N–H and O–H groups in total. The van der Waals surface area contributed by atoms with E-state index in [0.717, 1.165) is 55.8 Å². The largest absolute Gasteiger partial charge is 0.493 e. The third-order valence-electron chi connectivity index (χ3n) is 11.2. The predicted molar refractivity (Wildman–Crippen MR) is 193 cm³/mol. The molecule has 1 saturated carbocycles. The first-order valence-electron chi connectivity index (χ1n) is 17.8. The minimum absolute atomic E-state index is 0.0536. The maximum atomic E-state index is 12.9. The number of nitrogens with one attached hydrogen (secondary N) is 1. The van der Waals surface area contributed by atoms with Crippen LogP contribution in [-0.4, -0.2) is 59.8 Å². The first kappa shape index (κ1) is 34.6. The van der Waals surface area contributed by atoms with Gasteiger partial charge >= 0.3 is 5.97 Å². The summed E-state index contributed by atoms with van der Waals surface area (Å²) in [7, 11) is 4.12. The average molecular weight is 674 g/mol. The van der Waals surface area contributed by atoms with Crippen LogP contribution in [0.25, 0.3) is 0 Å². The fraction of sp³-hybridized carbons (Fsp3) is 0.550. The minimum atomic E-state index is -1.05. The fourth-order valence-electron chi connectivity index (χ4n) is 8.93. The number of pyridine rings is 1. The van der Waals surface area contributed by atoms with E-state index in [2.05, 4.69) is 68.3 Å². The van der Waals surface area contributed by atoms with E-state index in [1.54, 1.807) is 0 Å². The van der Waals surface area contributed by atoms with Gasteiger partial charge in [-0.1, -0.05) is 37.6 Å². The zero-order valence-corrected chi connectivity index (χ0v) is 30.0. The zero-order valence-electron chi connectivity index (χ0n) is 29.2. The summed E-state index contributed by atoms with van der Waals surface area (Å²) in [6, 6.07) is 16.1. The summed E-state index contributed by atoms with van der Waals surface area (Å²) in [6.45, 7) is 8.18. The van der Waals surface area contributed by atoms with Gasteiger partial charge in [-0.05, 0) is 150 Å². The molecule has 0 unspecified atom stereocenters. The van der Waals surface area contributed by atoms with Gasteiger partial charge in [-0.3, -0.25) is 4.98 Å². The van der Waals surface area contributed by atoms with E-state index in [1.165, 1.54) is 35.2 Å². The van der Waals surface area contributed by atoms with Crippen LogP contribution in [0.1, 0.15) is 94.0 Å². The number of hydrogen-bond acceptors (Lipinski definition) is 6. The van der Waals surface area contributed by atoms with Crippen molar-refractivity contribution in [2.75, 3.05) is 32.6 Å². The Labute approximate surface area is 291 Å². The summed E-state index contributed by atoms with van der Waals surface area (Å²) in [5.41, 5.74) is 4.75. The van der Waals surface area contributed by atoms with Crippen LogP contribution in [0.2, 0.25) is 5.02 Å². The Morgan fingerprint density at radius 1 is 1.12 bits per heavy atom. The molecule has 1 heterocycles. The molecule has 0 radical (unpaired) electrons. The number of benzene rings is 2. The van der Waals surface area contributed by atoms with Gasteiger partial charge in [-0.15, -0.1) is 0 Å². The summed E-state index contributed by atoms with van der Waals surface area (Å²) in [4.78, 5) is 19.7. The second-order valence-electron chi connectivity index (χ2n) is 15.2. The first-order valence-corrected chi connectivity index (χ1v) is 18.2. The third kappa shape index (κ3) is 7.18. The number of carboxylic acids is 1. The van der Waals surface area contributed by atoms with Crippen molar-refractivity contribution >= 4 is 23.3 Å². The molecule has 1 fully saturated rings. The van der Waals surface area contributed by atoms with E-state index in [9.17, 15) is 9.90 Å². The summed E-state index contributed by atoms with van der Waals surface area (Å²) >= 11 is 6.28. The highest BCUT2D eigenvalue weighted by atomic mass is 35.5. The van der Waals surface area contributed by atoms with Gasteiger partial charge in [-0.2, -0.15) is 0 Å². The topological polar surface area (TPSA) is 83.9 Å². The molecule has 7 nitrogen and oxygen atoms in total. The lowest BCUT2D eigenvalue weighted by Crippen LogP contribution is -2.53. The van der Waals surface area contributed by atoms with Crippen molar-refractivity contribution in [3.05, 3.63) is 82.1 Å². The van der Waals surface area contributed by atoms with Gasteiger partial charge in [0.1, 0.15) is 23.1 Å². The number of ether oxygens (including phenoxy) is 2. The van der Waals surface area contributed by atoms with E-state index in [4.69, 9.17) is 21.1 Å². The van der Waals surface area contributed by atoms with E-state index < -0.39 is 11.5 Å². The standard InChI is InChI=1S/C40H52ClN3O4/c1-26(25-47-36-14-19-42-35-11-6-8-27(2)37(35)36)20-30-21-29-12-13-33(48-28(3)24-44(4)5)23-34(29)39(30)15-17-40(18-16-39,38(45)46)43-32-10-7-9-31(41)22-32/h7,9-10,12-14,19,22-23,26-28,30,43H,6,8,11,15-18,20-21,24-25H2,1-5H3,(H,45,46)/t26-,27-,28+,30+,39?,40?/m1/s1. The number of aryl methyl sites for hydroxylation is 1. The van der Waals surface area contributed by atoms with Gasteiger partial charge in [-0.25, -0.2) is 4.79 Å². The number of nitrogens with zero attached hydrogens (tertiary/aromatic N) is 2. The second kappa shape index (κ2) is 14.3. The number of rotatable bonds is 12. The molecule has 3 aliphatic carbocycles. The Kier molecular flexibility index (Phi) is 10.3. The Hall–Kier alpha value is -3.29. The normalized spacial score (nSPS) is 26.1. The molecular formula is C40H52ClN3O4. The van der Waals surface area contributed by atoms with Gasteiger partial charge in [0.05, 0.1) is 6.61 Å². The molecule has 1 spiro atoms. The maximum Gasteiger partial charge on any atom is 0.329 e. The Bertz CT molecular complexity index is 1600. The Morgan fingerprint density at radius 3 is 2.65 bits per heavy atom. The van der Waals surface area contributed by atoms with Crippen molar-refractivity contribution in [1.29, 1.82) is 0 Å². The van der Waals surface area contributed by atoms with E-state index >= 15 is 0 Å². The summed E-state index contributed by atoms with van der Waals surface area (Å²) in [6.07, 6.45) is 9.94. The lowest BCUT2D eigenvalue weighted by Gasteiger charge is -2.47. The second-order valence-corrected chi connectivity index (χ2v) is 15.6. The lowest BCUT2D eigenvalue weighted by atomic mass is 9.59. The Balaban J connectivity index is 1.24. The molecule has 8 heteroatoms. The van der Waals surface area contributed by atoms with Gasteiger partial charge < -0.3 is 24.8 Å². The van der Waals surface area contributed by atoms with Crippen LogP contribution in [0.4, 0.5) is 5.69 Å². The number of aliphatic carboxylic acids is 1. The van der Waals surface area contributed by atoms with Gasteiger partial charge in [0.15, 0.2) is 0 Å². The number of fused-ring (bicyclic) bond motifs is 3. The molecule has 4 atom stereocenters. The molecule has 3 aromatic rings. The number of anilines is 1. The van der Waals surface area contributed by atoms with Gasteiger partial charge in [0.2, 0.25) is 0 Å². The van der Waals surface area contributed by atoms with Crippen molar-refractivity contribution in [3.63, 3.8) is 0 Å². The summed E-state index contributed by atoms with van der Waals surface area (Å²) in [5, 5.41) is 14.6. The quantitative estimate of drug-likeness (QED) is 0.199. The number of aromatic nitrogens is 1. The SMILES string of the molecule is C[C@@H](COc1ccnc2c1[C@H](C)CCC2)C[C@H]1Cc2ccc(O[C@@H](C)CN(C)C)cc2C12CCC(Nc1cccc(Cl)c1)(C(=O)O)CC2. The maximum absolute atomic E-state index is 12.9. The van der Waals surface area contributed by atoms with E-state index in [1.807, 2.05) is 36.5 Å². The number of halogens is 1. The zero-order chi connectivity index (χ0) is 34.1. The number of hydrogen-bond donors (Lipinski definition) is 2. The molecule has 0 amide bonds. The molecule has 2 aromatic carbocycles. The number of carbonyl (C=O) groups is 1. The van der Waals surface area contributed by atoms with Crippen LogP contribution < -0.4 is 14.8 Å². The molecule has 258 valence electrons. The van der Waals surface area contributed by atoms with Crippen molar-refractivity contribution in [2.45, 2.75) is 102 Å². The third-order valence-corrected chi connectivity index (χ3v) is 11.5. The first-order chi connectivity index (χ1) is 23.0. The van der Waals surface area contributed by atoms with Crippen LogP contribution >= 0.6 is 11.6 Å². The predicted octanol–water partition coefficient (Wildman–Crippen LogP) is 8.53. The number of carboxylic acid groups (broad SMARTS) is 1. The average Bonchev–Trinajstić information content (AvgIpc) is 3.32. The van der Waals surface area contributed by atoms with Crippen molar-refractivity contribution < 1.29 is 19.4 Å². The highest BCUT2D eigenvalue weighted by molar-refractivity contribution is 6.30.